The third kappa shape index (κ3) is 3.75. The number of hydrogen-bond donors (Lipinski definition) is 2. The molecule has 0 bridgehead atoms. The van der Waals surface area contributed by atoms with Gasteiger partial charge in [-0.2, -0.15) is 0 Å². The minimum atomic E-state index is -0.349. The van der Waals surface area contributed by atoms with Crippen molar-refractivity contribution in [2.24, 2.45) is 5.73 Å². The molecule has 0 aliphatic carbocycles. The monoisotopic (exact) mass is 283 g/mol. The molecule has 2 atom stereocenters. The van der Waals surface area contributed by atoms with E-state index < -0.39 is 0 Å². The SMILES string of the molecule is CC(C)c1csc(CNC(=O)[C@@H]2CC[C@H](CN)O2)n1. The maximum atomic E-state index is 11.9. The van der Waals surface area contributed by atoms with Crippen LogP contribution >= 0.6 is 11.3 Å². The minimum absolute atomic E-state index is 0.0307. The highest BCUT2D eigenvalue weighted by Crippen LogP contribution is 2.20. The van der Waals surface area contributed by atoms with Gasteiger partial charge in [-0.15, -0.1) is 11.3 Å². The fourth-order valence-electron chi connectivity index (χ4n) is 2.02. The van der Waals surface area contributed by atoms with Crippen molar-refractivity contribution in [1.29, 1.82) is 0 Å². The molecular weight excluding hydrogens is 262 g/mol. The van der Waals surface area contributed by atoms with Gasteiger partial charge < -0.3 is 15.8 Å². The number of thiazole rings is 1. The van der Waals surface area contributed by atoms with Crippen molar-refractivity contribution < 1.29 is 9.53 Å². The number of hydrogen-bond acceptors (Lipinski definition) is 5. The first kappa shape index (κ1) is 14.4. The minimum Gasteiger partial charge on any atom is -0.364 e. The molecule has 106 valence electrons. The Labute approximate surface area is 117 Å². The van der Waals surface area contributed by atoms with E-state index in [0.29, 0.717) is 19.0 Å². The summed E-state index contributed by atoms with van der Waals surface area (Å²) in [7, 11) is 0. The molecule has 0 radical (unpaired) electrons. The first-order valence-electron chi connectivity index (χ1n) is 6.67. The number of aromatic nitrogens is 1. The van der Waals surface area contributed by atoms with Crippen LogP contribution in [0, 0.1) is 0 Å². The van der Waals surface area contributed by atoms with Crippen LogP contribution in [0.2, 0.25) is 0 Å². The Hall–Kier alpha value is -0.980. The quantitative estimate of drug-likeness (QED) is 0.856. The summed E-state index contributed by atoms with van der Waals surface area (Å²) in [5, 5.41) is 5.86. The van der Waals surface area contributed by atoms with Crippen molar-refractivity contribution in [3.05, 3.63) is 16.1 Å². The Balaban J connectivity index is 1.80. The molecule has 3 N–H and O–H groups in total. The van der Waals surface area contributed by atoms with E-state index in [4.69, 9.17) is 10.5 Å². The number of nitrogens with zero attached hydrogens (tertiary/aromatic N) is 1. The molecule has 1 aromatic rings. The van der Waals surface area contributed by atoms with Gasteiger partial charge >= 0.3 is 0 Å². The molecular formula is C13H21N3O2S. The molecule has 19 heavy (non-hydrogen) atoms. The average Bonchev–Trinajstić information content (AvgIpc) is 3.04. The first-order chi connectivity index (χ1) is 9.10. The number of carbonyl (C=O) groups excluding carboxylic acids is 1. The molecule has 6 heteroatoms. The van der Waals surface area contributed by atoms with E-state index >= 15 is 0 Å². The van der Waals surface area contributed by atoms with Gasteiger partial charge in [0.15, 0.2) is 0 Å². The molecule has 1 amide bonds. The van der Waals surface area contributed by atoms with Crippen molar-refractivity contribution >= 4 is 17.2 Å². The van der Waals surface area contributed by atoms with E-state index in [0.717, 1.165) is 23.5 Å². The summed E-state index contributed by atoms with van der Waals surface area (Å²) < 4.78 is 5.55. The van der Waals surface area contributed by atoms with Crippen molar-refractivity contribution in [3.8, 4) is 0 Å². The van der Waals surface area contributed by atoms with Gasteiger partial charge in [0.2, 0.25) is 5.91 Å². The molecule has 1 aliphatic rings. The molecule has 1 saturated heterocycles. The maximum absolute atomic E-state index is 11.9. The Morgan fingerprint density at radius 3 is 3.00 bits per heavy atom. The fourth-order valence-corrected chi connectivity index (χ4v) is 2.92. The predicted octanol–water partition coefficient (Wildman–Crippen LogP) is 1.39. The highest BCUT2D eigenvalue weighted by molar-refractivity contribution is 7.09. The summed E-state index contributed by atoms with van der Waals surface area (Å²) in [6.07, 6.45) is 1.30. The summed E-state index contributed by atoms with van der Waals surface area (Å²) in [5.41, 5.74) is 6.61. The number of nitrogens with one attached hydrogen (secondary N) is 1. The molecule has 1 aliphatic heterocycles. The Morgan fingerprint density at radius 1 is 1.63 bits per heavy atom. The van der Waals surface area contributed by atoms with Crippen molar-refractivity contribution in [3.63, 3.8) is 0 Å². The second-order valence-electron chi connectivity index (χ2n) is 5.10. The van der Waals surface area contributed by atoms with Crippen LogP contribution in [0.1, 0.15) is 43.3 Å². The van der Waals surface area contributed by atoms with Crippen LogP contribution in [0.15, 0.2) is 5.38 Å². The second-order valence-corrected chi connectivity index (χ2v) is 6.04. The Kier molecular flexibility index (Phi) is 4.90. The van der Waals surface area contributed by atoms with Crippen molar-refractivity contribution in [2.45, 2.75) is 51.4 Å². The average molecular weight is 283 g/mol. The third-order valence-electron chi connectivity index (χ3n) is 3.24. The standard InChI is InChI=1S/C13H21N3O2S/c1-8(2)10-7-19-12(16-10)6-15-13(17)11-4-3-9(5-14)18-11/h7-9,11H,3-6,14H2,1-2H3,(H,15,17)/t9-,11+/m1/s1. The molecule has 0 spiro atoms. The summed E-state index contributed by atoms with van der Waals surface area (Å²) in [5.74, 6) is 0.362. The van der Waals surface area contributed by atoms with Gasteiger partial charge in [0, 0.05) is 11.9 Å². The van der Waals surface area contributed by atoms with Gasteiger partial charge in [0.25, 0.3) is 0 Å². The number of carbonyl (C=O) groups is 1. The van der Waals surface area contributed by atoms with E-state index in [9.17, 15) is 4.79 Å². The summed E-state index contributed by atoms with van der Waals surface area (Å²) in [4.78, 5) is 16.4. The van der Waals surface area contributed by atoms with Crippen LogP contribution in [-0.4, -0.2) is 29.6 Å². The number of ether oxygens (including phenoxy) is 1. The van der Waals surface area contributed by atoms with E-state index in [1.807, 2.05) is 5.38 Å². The second kappa shape index (κ2) is 6.45. The molecule has 0 unspecified atom stereocenters. The van der Waals surface area contributed by atoms with Crippen LogP contribution in [0.5, 0.6) is 0 Å². The zero-order valence-electron chi connectivity index (χ0n) is 11.4. The van der Waals surface area contributed by atoms with E-state index in [1.54, 1.807) is 11.3 Å². The molecule has 1 aromatic heterocycles. The highest BCUT2D eigenvalue weighted by Gasteiger charge is 2.29. The smallest absolute Gasteiger partial charge is 0.249 e. The van der Waals surface area contributed by atoms with Gasteiger partial charge in [0.05, 0.1) is 18.3 Å². The normalized spacial score (nSPS) is 22.9. The van der Waals surface area contributed by atoms with Crippen LogP contribution in [0.25, 0.3) is 0 Å². The molecule has 2 heterocycles. The van der Waals surface area contributed by atoms with Crippen LogP contribution in [0.3, 0.4) is 0 Å². The van der Waals surface area contributed by atoms with Gasteiger partial charge in [-0.1, -0.05) is 13.8 Å². The van der Waals surface area contributed by atoms with E-state index in [1.165, 1.54) is 0 Å². The third-order valence-corrected chi connectivity index (χ3v) is 4.10. The number of rotatable bonds is 5. The van der Waals surface area contributed by atoms with Crippen LogP contribution < -0.4 is 11.1 Å². The first-order valence-corrected chi connectivity index (χ1v) is 7.55. The van der Waals surface area contributed by atoms with Crippen LogP contribution in [-0.2, 0) is 16.1 Å². The van der Waals surface area contributed by atoms with E-state index in [2.05, 4.69) is 24.1 Å². The molecule has 0 aromatic carbocycles. The molecule has 0 saturated carbocycles. The van der Waals surface area contributed by atoms with Gasteiger partial charge in [0.1, 0.15) is 11.1 Å². The van der Waals surface area contributed by atoms with E-state index in [-0.39, 0.29) is 18.1 Å². The molecule has 1 fully saturated rings. The zero-order valence-corrected chi connectivity index (χ0v) is 12.2. The van der Waals surface area contributed by atoms with Gasteiger partial charge in [-0.05, 0) is 18.8 Å². The van der Waals surface area contributed by atoms with Gasteiger partial charge in [-0.3, -0.25) is 4.79 Å². The van der Waals surface area contributed by atoms with Crippen LogP contribution in [0.4, 0.5) is 0 Å². The predicted molar refractivity (Wildman–Crippen MR) is 75.0 cm³/mol. The lowest BCUT2D eigenvalue weighted by atomic mass is 10.2. The lowest BCUT2D eigenvalue weighted by Crippen LogP contribution is -2.35. The number of nitrogens with two attached hydrogens (primary N) is 1. The number of amides is 1. The summed E-state index contributed by atoms with van der Waals surface area (Å²) in [6.45, 7) is 5.17. The largest absolute Gasteiger partial charge is 0.364 e. The summed E-state index contributed by atoms with van der Waals surface area (Å²) >= 11 is 1.58. The lowest BCUT2D eigenvalue weighted by molar-refractivity contribution is -0.132. The summed E-state index contributed by atoms with van der Waals surface area (Å²) in [6, 6.07) is 0. The Morgan fingerprint density at radius 2 is 2.42 bits per heavy atom. The van der Waals surface area contributed by atoms with Crippen molar-refractivity contribution in [2.75, 3.05) is 6.54 Å². The van der Waals surface area contributed by atoms with Crippen molar-refractivity contribution in [1.82, 2.24) is 10.3 Å². The lowest BCUT2D eigenvalue weighted by Gasteiger charge is -2.11. The molecule has 5 nitrogen and oxygen atoms in total. The Bertz CT molecular complexity index is 433. The zero-order chi connectivity index (χ0) is 13.8. The van der Waals surface area contributed by atoms with Gasteiger partial charge in [-0.25, -0.2) is 4.98 Å². The highest BCUT2D eigenvalue weighted by atomic mass is 32.1. The fraction of sp³-hybridized carbons (Fsp3) is 0.692. The molecule has 2 rings (SSSR count). The topological polar surface area (TPSA) is 77.2 Å². The maximum Gasteiger partial charge on any atom is 0.249 e.